The van der Waals surface area contributed by atoms with Gasteiger partial charge in [0.1, 0.15) is 5.82 Å². The molecule has 0 saturated carbocycles. The molecule has 0 aliphatic carbocycles. The van der Waals surface area contributed by atoms with E-state index < -0.39 is 0 Å². The predicted molar refractivity (Wildman–Crippen MR) is 53.1 cm³/mol. The second-order valence-corrected chi connectivity index (χ2v) is 4.19. The number of rotatable bonds is 2. The number of aryl methyl sites for hydroxylation is 1. The second-order valence-electron chi connectivity index (χ2n) is 2.81. The summed E-state index contributed by atoms with van der Waals surface area (Å²) in [5.41, 5.74) is 2.26. The van der Waals surface area contributed by atoms with Crippen LogP contribution in [0.4, 0.5) is 4.39 Å². The lowest BCUT2D eigenvalue weighted by molar-refractivity contribution is 0.624. The minimum atomic E-state index is -0.149. The largest absolute Gasteiger partial charge is 0.207 e. The highest BCUT2D eigenvalue weighted by molar-refractivity contribution is 9.09. The van der Waals surface area contributed by atoms with Gasteiger partial charge in [-0.25, -0.2) is 4.39 Å². The molecule has 0 nitrogen and oxygen atoms in total. The van der Waals surface area contributed by atoms with Gasteiger partial charge in [0.15, 0.2) is 0 Å². The van der Waals surface area contributed by atoms with Crippen molar-refractivity contribution in [2.24, 2.45) is 0 Å². The zero-order chi connectivity index (χ0) is 9.14. The average Bonchev–Trinajstić information content (AvgIpc) is 2.03. The third kappa shape index (κ3) is 2.07. The van der Waals surface area contributed by atoms with Gasteiger partial charge >= 0.3 is 0 Å². The maximum atomic E-state index is 12.8. The maximum Gasteiger partial charge on any atom is 0.123 e. The lowest BCUT2D eigenvalue weighted by atomic mass is 10.0. The van der Waals surface area contributed by atoms with Gasteiger partial charge in [0.2, 0.25) is 0 Å². The van der Waals surface area contributed by atoms with Crippen molar-refractivity contribution >= 4 is 15.9 Å². The minimum absolute atomic E-state index is 0.149. The molecule has 0 aliphatic rings. The van der Waals surface area contributed by atoms with Gasteiger partial charge in [-0.3, -0.25) is 0 Å². The summed E-state index contributed by atoms with van der Waals surface area (Å²) < 4.78 is 12.8. The number of hydrogen-bond acceptors (Lipinski definition) is 0. The Balaban J connectivity index is 3.11. The lowest BCUT2D eigenvalue weighted by Crippen LogP contribution is -1.93. The average molecular weight is 231 g/mol. The van der Waals surface area contributed by atoms with E-state index in [0.717, 1.165) is 12.0 Å². The summed E-state index contributed by atoms with van der Waals surface area (Å²) in [5, 5.41) is 0. The maximum absolute atomic E-state index is 12.8. The van der Waals surface area contributed by atoms with E-state index in [4.69, 9.17) is 0 Å². The Labute approximate surface area is 80.9 Å². The molecule has 0 heterocycles. The van der Waals surface area contributed by atoms with E-state index in [1.165, 1.54) is 11.6 Å². The number of halogens is 2. The van der Waals surface area contributed by atoms with Crippen LogP contribution in [0.3, 0.4) is 0 Å². The molecule has 12 heavy (non-hydrogen) atoms. The zero-order valence-corrected chi connectivity index (χ0v) is 8.86. The van der Waals surface area contributed by atoms with Crippen molar-refractivity contribution in [1.29, 1.82) is 0 Å². The first kappa shape index (κ1) is 9.72. The van der Waals surface area contributed by atoms with Crippen LogP contribution >= 0.6 is 15.9 Å². The van der Waals surface area contributed by atoms with Crippen LogP contribution in [0.2, 0.25) is 0 Å². The quantitative estimate of drug-likeness (QED) is 0.678. The summed E-state index contributed by atoms with van der Waals surface area (Å²) in [6, 6.07) is 4.95. The van der Waals surface area contributed by atoms with Crippen molar-refractivity contribution in [2.45, 2.75) is 25.1 Å². The Hall–Kier alpha value is -0.370. The number of benzene rings is 1. The zero-order valence-electron chi connectivity index (χ0n) is 7.27. The molecule has 1 atom stereocenters. The Morgan fingerprint density at radius 2 is 2.17 bits per heavy atom. The van der Waals surface area contributed by atoms with Crippen molar-refractivity contribution in [2.75, 3.05) is 0 Å². The Kier molecular flexibility index (Phi) is 3.27. The Morgan fingerprint density at radius 1 is 1.50 bits per heavy atom. The van der Waals surface area contributed by atoms with Gasteiger partial charge in [0.25, 0.3) is 0 Å². The van der Waals surface area contributed by atoms with Crippen molar-refractivity contribution < 1.29 is 4.39 Å². The first-order valence-corrected chi connectivity index (χ1v) is 4.99. The molecule has 0 fully saturated rings. The van der Waals surface area contributed by atoms with Crippen LogP contribution in [0, 0.1) is 5.82 Å². The molecule has 2 heteroatoms. The number of alkyl halides is 1. The van der Waals surface area contributed by atoms with Crippen LogP contribution in [0.15, 0.2) is 18.2 Å². The molecule has 0 aromatic heterocycles. The second kappa shape index (κ2) is 4.04. The van der Waals surface area contributed by atoms with Crippen molar-refractivity contribution in [3.63, 3.8) is 0 Å². The van der Waals surface area contributed by atoms with E-state index in [0.29, 0.717) is 4.83 Å². The highest BCUT2D eigenvalue weighted by Gasteiger charge is 2.06. The molecule has 0 aliphatic heterocycles. The fourth-order valence-electron chi connectivity index (χ4n) is 1.27. The fraction of sp³-hybridized carbons (Fsp3) is 0.400. The van der Waals surface area contributed by atoms with Gasteiger partial charge in [0.05, 0.1) is 0 Å². The van der Waals surface area contributed by atoms with Gasteiger partial charge in [0, 0.05) is 4.83 Å². The van der Waals surface area contributed by atoms with E-state index >= 15 is 0 Å². The molecule has 0 saturated heterocycles. The summed E-state index contributed by atoms with van der Waals surface area (Å²) in [4.78, 5) is 0.299. The molecule has 1 unspecified atom stereocenters. The van der Waals surface area contributed by atoms with E-state index in [-0.39, 0.29) is 5.82 Å². The first-order chi connectivity index (χ1) is 5.65. The van der Waals surface area contributed by atoms with Gasteiger partial charge in [-0.05, 0) is 36.6 Å². The molecule has 0 N–H and O–H groups in total. The van der Waals surface area contributed by atoms with E-state index in [2.05, 4.69) is 15.9 Å². The summed E-state index contributed by atoms with van der Waals surface area (Å²) in [5.74, 6) is -0.149. The monoisotopic (exact) mass is 230 g/mol. The Morgan fingerprint density at radius 3 is 2.67 bits per heavy atom. The summed E-state index contributed by atoms with van der Waals surface area (Å²) in [6.07, 6.45) is 0.878. The normalized spacial score (nSPS) is 13.0. The topological polar surface area (TPSA) is 0 Å². The molecular weight excluding hydrogens is 219 g/mol. The highest BCUT2D eigenvalue weighted by Crippen LogP contribution is 2.25. The van der Waals surface area contributed by atoms with Gasteiger partial charge < -0.3 is 0 Å². The van der Waals surface area contributed by atoms with Crippen molar-refractivity contribution in [3.05, 3.63) is 35.1 Å². The van der Waals surface area contributed by atoms with E-state index in [1.54, 1.807) is 6.07 Å². The smallest absolute Gasteiger partial charge is 0.123 e. The molecule has 0 amide bonds. The predicted octanol–water partition coefficient (Wildman–Crippen LogP) is 3.84. The van der Waals surface area contributed by atoms with Gasteiger partial charge in [-0.1, -0.05) is 28.9 Å². The highest BCUT2D eigenvalue weighted by atomic mass is 79.9. The first-order valence-electron chi connectivity index (χ1n) is 4.07. The minimum Gasteiger partial charge on any atom is -0.207 e. The van der Waals surface area contributed by atoms with E-state index in [9.17, 15) is 4.39 Å². The lowest BCUT2D eigenvalue weighted by Gasteiger charge is -2.09. The third-order valence-electron chi connectivity index (χ3n) is 1.91. The van der Waals surface area contributed by atoms with Crippen LogP contribution in [-0.2, 0) is 6.42 Å². The molecule has 0 bridgehead atoms. The standard InChI is InChI=1S/C10H12BrF/c1-3-8-6-9(12)4-5-10(8)7(2)11/h4-7H,3H2,1-2H3. The molecular formula is C10H12BrF. The molecule has 1 aromatic carbocycles. The van der Waals surface area contributed by atoms with Crippen molar-refractivity contribution in [3.8, 4) is 0 Å². The molecule has 1 rings (SSSR count). The SMILES string of the molecule is CCc1cc(F)ccc1C(C)Br. The van der Waals surface area contributed by atoms with Crippen LogP contribution in [0.1, 0.15) is 29.8 Å². The Bertz CT molecular complexity index is 269. The molecule has 1 aromatic rings. The molecule has 0 spiro atoms. The van der Waals surface area contributed by atoms with Crippen LogP contribution in [0.25, 0.3) is 0 Å². The number of hydrogen-bond donors (Lipinski definition) is 0. The van der Waals surface area contributed by atoms with Crippen LogP contribution < -0.4 is 0 Å². The van der Waals surface area contributed by atoms with Gasteiger partial charge in [-0.15, -0.1) is 0 Å². The molecule has 0 radical (unpaired) electrons. The fourth-order valence-corrected chi connectivity index (χ4v) is 1.72. The van der Waals surface area contributed by atoms with E-state index in [1.807, 2.05) is 19.9 Å². The van der Waals surface area contributed by atoms with Gasteiger partial charge in [-0.2, -0.15) is 0 Å². The van der Waals surface area contributed by atoms with Crippen LogP contribution in [0.5, 0.6) is 0 Å². The summed E-state index contributed by atoms with van der Waals surface area (Å²) in [6.45, 7) is 4.08. The summed E-state index contributed by atoms with van der Waals surface area (Å²) in [7, 11) is 0. The summed E-state index contributed by atoms with van der Waals surface area (Å²) >= 11 is 3.48. The van der Waals surface area contributed by atoms with Crippen LogP contribution in [-0.4, -0.2) is 0 Å². The molecule has 66 valence electrons. The third-order valence-corrected chi connectivity index (χ3v) is 2.41. The van der Waals surface area contributed by atoms with Crippen molar-refractivity contribution in [1.82, 2.24) is 0 Å².